The summed E-state index contributed by atoms with van der Waals surface area (Å²) in [5.74, 6) is 0.594. The van der Waals surface area contributed by atoms with E-state index in [0.29, 0.717) is 17.1 Å². The molecule has 3 heterocycles. The molecule has 1 amide bonds. The van der Waals surface area contributed by atoms with Crippen LogP contribution in [0.25, 0.3) is 10.7 Å². The van der Waals surface area contributed by atoms with Gasteiger partial charge in [-0.2, -0.15) is 5.10 Å². The summed E-state index contributed by atoms with van der Waals surface area (Å²) in [5, 5.41) is 11.9. The Bertz CT molecular complexity index is 865. The highest BCUT2D eigenvalue weighted by Crippen LogP contribution is 2.26. The number of nitrogens with zero attached hydrogens (tertiary/aromatic N) is 2. The van der Waals surface area contributed by atoms with E-state index >= 15 is 0 Å². The summed E-state index contributed by atoms with van der Waals surface area (Å²) in [6.45, 7) is 2.32. The molecule has 0 spiro atoms. The molecule has 0 saturated carbocycles. The second kappa shape index (κ2) is 7.08. The number of H-pyrrole nitrogens is 1. The molecule has 0 aliphatic carbocycles. The maximum Gasteiger partial charge on any atom is 0.243 e. The fourth-order valence-electron chi connectivity index (χ4n) is 2.13. The van der Waals surface area contributed by atoms with Gasteiger partial charge in [0, 0.05) is 4.88 Å². The number of aromatic amines is 1. The molecule has 1 atom stereocenters. The van der Waals surface area contributed by atoms with E-state index in [1.54, 1.807) is 27.2 Å². The van der Waals surface area contributed by atoms with Gasteiger partial charge >= 0.3 is 0 Å². The minimum Gasteiger partial charge on any atom is -0.349 e. The highest BCUT2D eigenvalue weighted by atomic mass is 79.9. The second-order valence-corrected chi connectivity index (χ2v) is 8.68. The minimum absolute atomic E-state index is 0.0928. The van der Waals surface area contributed by atoms with Crippen LogP contribution >= 0.6 is 50.8 Å². The largest absolute Gasteiger partial charge is 0.349 e. The van der Waals surface area contributed by atoms with Gasteiger partial charge in [0.1, 0.15) is 6.04 Å². The van der Waals surface area contributed by atoms with Gasteiger partial charge in [0.05, 0.1) is 15.2 Å². The number of carbonyl (C=O) groups excluding carboxylic acids is 1. The number of rotatable bonds is 5. The molecule has 0 aliphatic rings. The van der Waals surface area contributed by atoms with Crippen molar-refractivity contribution in [3.05, 3.63) is 43.1 Å². The average Bonchev–Trinajstić information content (AvgIpc) is 3.24. The summed E-state index contributed by atoms with van der Waals surface area (Å²) in [7, 11) is 0. The van der Waals surface area contributed by atoms with Crippen molar-refractivity contribution in [2.75, 3.05) is 0 Å². The van der Waals surface area contributed by atoms with Gasteiger partial charge in [-0.25, -0.2) is 0 Å². The van der Waals surface area contributed by atoms with Crippen molar-refractivity contribution in [2.24, 2.45) is 0 Å². The summed E-state index contributed by atoms with van der Waals surface area (Å²) in [6.07, 6.45) is 0. The summed E-state index contributed by atoms with van der Waals surface area (Å²) >= 11 is 11.9. The van der Waals surface area contributed by atoms with E-state index in [9.17, 15) is 4.79 Å². The molecule has 0 aliphatic heterocycles. The topological polar surface area (TPSA) is 62.7 Å². The summed E-state index contributed by atoms with van der Waals surface area (Å²) in [4.78, 5) is 14.5. The molecule has 0 radical (unpaired) electrons. The van der Waals surface area contributed by atoms with E-state index in [0.717, 1.165) is 13.5 Å². The fourth-order valence-corrected chi connectivity index (χ4v) is 4.55. The standard InChI is InChI=1S/C14H13BrN4OS3/c1-8(13(20)16-7-9-4-5-11(15)23-9)19-12(17-18-14(19)21)10-3-2-6-22-10/h2-6,8H,7H2,1H3,(H,16,20)(H,18,21). The van der Waals surface area contributed by atoms with Crippen LogP contribution in [0.3, 0.4) is 0 Å². The van der Waals surface area contributed by atoms with E-state index in [-0.39, 0.29) is 5.91 Å². The molecule has 0 fully saturated rings. The molecule has 3 rings (SSSR count). The third kappa shape index (κ3) is 3.63. The zero-order chi connectivity index (χ0) is 16.4. The third-order valence-electron chi connectivity index (χ3n) is 3.28. The first-order valence-electron chi connectivity index (χ1n) is 6.79. The number of halogens is 1. The van der Waals surface area contributed by atoms with Crippen LogP contribution in [-0.2, 0) is 11.3 Å². The molecule has 5 nitrogen and oxygen atoms in total. The van der Waals surface area contributed by atoms with Crippen molar-refractivity contribution >= 4 is 56.7 Å². The predicted molar refractivity (Wildman–Crippen MR) is 99.3 cm³/mol. The average molecular weight is 429 g/mol. The summed E-state index contributed by atoms with van der Waals surface area (Å²) in [5.41, 5.74) is 0. The van der Waals surface area contributed by atoms with E-state index in [4.69, 9.17) is 12.2 Å². The molecular formula is C14H13BrN4OS3. The molecule has 1 unspecified atom stereocenters. The Morgan fingerprint density at radius 3 is 3.00 bits per heavy atom. The summed E-state index contributed by atoms with van der Waals surface area (Å²) < 4.78 is 3.24. The quantitative estimate of drug-likeness (QED) is 0.592. The third-order valence-corrected chi connectivity index (χ3v) is 6.06. The number of hydrogen-bond donors (Lipinski definition) is 2. The molecule has 2 N–H and O–H groups in total. The van der Waals surface area contributed by atoms with Gasteiger partial charge in [0.15, 0.2) is 10.6 Å². The monoisotopic (exact) mass is 428 g/mol. The van der Waals surface area contributed by atoms with Gasteiger partial charge in [-0.15, -0.1) is 22.7 Å². The molecule has 9 heteroatoms. The number of carbonyl (C=O) groups is 1. The van der Waals surface area contributed by atoms with Gasteiger partial charge in [-0.3, -0.25) is 14.5 Å². The minimum atomic E-state index is -0.443. The lowest BCUT2D eigenvalue weighted by Crippen LogP contribution is -2.30. The zero-order valence-corrected chi connectivity index (χ0v) is 16.1. The number of thiophene rings is 2. The number of aromatic nitrogens is 3. The number of hydrogen-bond acceptors (Lipinski definition) is 5. The van der Waals surface area contributed by atoms with Crippen molar-refractivity contribution in [2.45, 2.75) is 19.5 Å². The Balaban J connectivity index is 1.77. The van der Waals surface area contributed by atoms with Crippen molar-refractivity contribution in [1.82, 2.24) is 20.1 Å². The van der Waals surface area contributed by atoms with Crippen molar-refractivity contribution in [3.8, 4) is 10.7 Å². The maximum absolute atomic E-state index is 12.5. The van der Waals surface area contributed by atoms with Crippen LogP contribution < -0.4 is 5.32 Å². The maximum atomic E-state index is 12.5. The molecule has 0 bridgehead atoms. The van der Waals surface area contributed by atoms with Crippen LogP contribution in [0.5, 0.6) is 0 Å². The lowest BCUT2D eigenvalue weighted by atomic mass is 10.3. The Morgan fingerprint density at radius 1 is 1.52 bits per heavy atom. The Labute approximate surface area is 154 Å². The predicted octanol–water partition coefficient (Wildman–Crippen LogP) is 4.37. The Morgan fingerprint density at radius 2 is 2.35 bits per heavy atom. The SMILES string of the molecule is CC(C(=O)NCc1ccc(Br)s1)n1c(-c2cccs2)n[nH]c1=S. The van der Waals surface area contributed by atoms with Gasteiger partial charge in [-0.05, 0) is 58.7 Å². The highest BCUT2D eigenvalue weighted by Gasteiger charge is 2.21. The first-order valence-corrected chi connectivity index (χ1v) is 9.68. The van der Waals surface area contributed by atoms with Crippen LogP contribution in [0.1, 0.15) is 17.8 Å². The van der Waals surface area contributed by atoms with Crippen molar-refractivity contribution in [3.63, 3.8) is 0 Å². The van der Waals surface area contributed by atoms with E-state index in [2.05, 4.69) is 31.4 Å². The van der Waals surface area contributed by atoms with E-state index in [1.165, 1.54) is 0 Å². The van der Waals surface area contributed by atoms with Gasteiger partial charge < -0.3 is 5.32 Å². The van der Waals surface area contributed by atoms with Crippen molar-refractivity contribution in [1.29, 1.82) is 0 Å². The normalized spacial score (nSPS) is 12.3. The second-order valence-electron chi connectivity index (χ2n) is 4.80. The van der Waals surface area contributed by atoms with Crippen LogP contribution in [0.4, 0.5) is 0 Å². The lowest BCUT2D eigenvalue weighted by Gasteiger charge is -2.14. The van der Waals surface area contributed by atoms with Gasteiger partial charge in [0.2, 0.25) is 5.91 Å². The molecule has 0 aromatic carbocycles. The first-order chi connectivity index (χ1) is 11.1. The van der Waals surface area contributed by atoms with E-state index in [1.807, 2.05) is 36.6 Å². The molecule has 120 valence electrons. The van der Waals surface area contributed by atoms with Crippen LogP contribution in [0.2, 0.25) is 0 Å². The van der Waals surface area contributed by atoms with Gasteiger partial charge in [-0.1, -0.05) is 6.07 Å². The lowest BCUT2D eigenvalue weighted by molar-refractivity contribution is -0.124. The number of amides is 1. The first kappa shape index (κ1) is 16.6. The smallest absolute Gasteiger partial charge is 0.243 e. The molecule has 23 heavy (non-hydrogen) atoms. The van der Waals surface area contributed by atoms with Crippen LogP contribution in [0.15, 0.2) is 33.4 Å². The molecular weight excluding hydrogens is 416 g/mol. The molecule has 3 aromatic rings. The van der Waals surface area contributed by atoms with E-state index < -0.39 is 6.04 Å². The zero-order valence-electron chi connectivity index (χ0n) is 12.1. The van der Waals surface area contributed by atoms with Crippen LogP contribution in [-0.4, -0.2) is 20.7 Å². The Kier molecular flexibility index (Phi) is 5.10. The van der Waals surface area contributed by atoms with Crippen LogP contribution in [0, 0.1) is 4.77 Å². The Hall–Kier alpha value is -1.29. The van der Waals surface area contributed by atoms with Crippen molar-refractivity contribution < 1.29 is 4.79 Å². The fraction of sp³-hybridized carbons (Fsp3) is 0.214. The molecule has 3 aromatic heterocycles. The highest BCUT2D eigenvalue weighted by molar-refractivity contribution is 9.11. The molecule has 0 saturated heterocycles. The van der Waals surface area contributed by atoms with Gasteiger partial charge in [0.25, 0.3) is 0 Å². The number of nitrogens with one attached hydrogen (secondary N) is 2. The summed E-state index contributed by atoms with van der Waals surface area (Å²) in [6, 6.07) is 7.42.